The van der Waals surface area contributed by atoms with E-state index in [9.17, 15) is 8.42 Å². The van der Waals surface area contributed by atoms with E-state index in [1.54, 1.807) is 30.5 Å². The van der Waals surface area contributed by atoms with Crippen molar-refractivity contribution in [3.05, 3.63) is 107 Å². The Bertz CT molecular complexity index is 1380. The molecule has 3 aromatic carbocycles. The van der Waals surface area contributed by atoms with Crippen LogP contribution in [0.3, 0.4) is 0 Å². The van der Waals surface area contributed by atoms with E-state index >= 15 is 0 Å². The summed E-state index contributed by atoms with van der Waals surface area (Å²) in [6.07, 6.45) is 1.62. The zero-order valence-corrected chi connectivity index (χ0v) is 19.0. The smallest absolute Gasteiger partial charge is 0.261 e. The lowest BCUT2D eigenvalue weighted by Gasteiger charge is -2.12. The second kappa shape index (κ2) is 8.08. The van der Waals surface area contributed by atoms with Gasteiger partial charge in [0.25, 0.3) is 10.0 Å². The maximum atomic E-state index is 13.0. The van der Waals surface area contributed by atoms with Gasteiger partial charge in [0, 0.05) is 41.0 Å². The first kappa shape index (κ1) is 20.9. The van der Waals surface area contributed by atoms with Gasteiger partial charge >= 0.3 is 0 Å². The molecule has 4 nitrogen and oxygen atoms in total. The van der Waals surface area contributed by atoms with Crippen LogP contribution in [-0.2, 0) is 17.1 Å². The van der Waals surface area contributed by atoms with Crippen molar-refractivity contribution in [2.45, 2.75) is 25.7 Å². The average Bonchev–Trinajstić information content (AvgIpc) is 3.01. The first-order valence-corrected chi connectivity index (χ1v) is 11.7. The normalized spacial score (nSPS) is 12.3. The molecule has 0 aliphatic rings. The standard InChI is InChI=1S/C26H26N2O2S/c1-18-9-13-21(14-10-18)24(17-27-31(29,30)22-15-11-19(2)12-16-22)26-20(3)28(4)25-8-6-5-7-23(25)26/h5-17,27H,1-4H3/b24-17-. The van der Waals surface area contributed by atoms with Gasteiger partial charge in [0.15, 0.2) is 0 Å². The Labute approximate surface area is 183 Å². The highest BCUT2D eigenvalue weighted by molar-refractivity contribution is 7.89. The van der Waals surface area contributed by atoms with Crippen LogP contribution in [0.5, 0.6) is 0 Å². The summed E-state index contributed by atoms with van der Waals surface area (Å²) in [5.41, 5.74) is 7.16. The minimum atomic E-state index is -3.69. The number of hydrogen-bond donors (Lipinski definition) is 1. The molecule has 1 heterocycles. The fraction of sp³-hybridized carbons (Fsp3) is 0.154. The molecule has 0 spiro atoms. The number of hydrogen-bond acceptors (Lipinski definition) is 2. The van der Waals surface area contributed by atoms with Gasteiger partial charge in [0.2, 0.25) is 0 Å². The number of fused-ring (bicyclic) bond motifs is 1. The highest BCUT2D eigenvalue weighted by Crippen LogP contribution is 2.34. The maximum absolute atomic E-state index is 13.0. The van der Waals surface area contributed by atoms with Crippen LogP contribution >= 0.6 is 0 Å². The largest absolute Gasteiger partial charge is 0.347 e. The number of aromatic nitrogens is 1. The molecular formula is C26H26N2O2S. The predicted molar refractivity (Wildman–Crippen MR) is 127 cm³/mol. The summed E-state index contributed by atoms with van der Waals surface area (Å²) in [5.74, 6) is 0. The van der Waals surface area contributed by atoms with Crippen LogP contribution in [-0.4, -0.2) is 13.0 Å². The zero-order valence-electron chi connectivity index (χ0n) is 18.2. The van der Waals surface area contributed by atoms with E-state index in [-0.39, 0.29) is 4.90 Å². The van der Waals surface area contributed by atoms with Crippen LogP contribution in [0.1, 0.15) is 27.9 Å². The molecule has 31 heavy (non-hydrogen) atoms. The molecule has 0 aliphatic heterocycles. The third-order valence-corrected chi connectivity index (χ3v) is 7.04. The van der Waals surface area contributed by atoms with Crippen molar-refractivity contribution in [3.8, 4) is 0 Å². The summed E-state index contributed by atoms with van der Waals surface area (Å²) in [6, 6.07) is 23.2. The van der Waals surface area contributed by atoms with Crippen LogP contribution in [0.15, 0.2) is 83.9 Å². The van der Waals surface area contributed by atoms with Gasteiger partial charge in [-0.1, -0.05) is 65.7 Å². The number of sulfonamides is 1. The number of benzene rings is 3. The lowest BCUT2D eigenvalue weighted by Crippen LogP contribution is -2.18. The van der Waals surface area contributed by atoms with Gasteiger partial charge in [-0.25, -0.2) is 8.42 Å². The van der Waals surface area contributed by atoms with E-state index < -0.39 is 10.0 Å². The monoisotopic (exact) mass is 430 g/mol. The fourth-order valence-electron chi connectivity index (χ4n) is 3.82. The molecule has 0 bridgehead atoms. The lowest BCUT2D eigenvalue weighted by molar-refractivity contribution is 0.590. The minimum absolute atomic E-state index is 0.243. The number of para-hydroxylation sites is 1. The van der Waals surface area contributed by atoms with Crippen molar-refractivity contribution in [2.24, 2.45) is 7.05 Å². The fourth-order valence-corrected chi connectivity index (χ4v) is 4.72. The lowest BCUT2D eigenvalue weighted by atomic mass is 9.95. The van der Waals surface area contributed by atoms with E-state index in [0.29, 0.717) is 0 Å². The van der Waals surface area contributed by atoms with Crippen LogP contribution < -0.4 is 4.72 Å². The Morgan fingerprint density at radius 1 is 0.839 bits per heavy atom. The van der Waals surface area contributed by atoms with E-state index in [4.69, 9.17) is 0 Å². The summed E-state index contributed by atoms with van der Waals surface area (Å²) in [4.78, 5) is 0.243. The third kappa shape index (κ3) is 4.01. The molecule has 0 radical (unpaired) electrons. The molecular weight excluding hydrogens is 404 g/mol. The van der Waals surface area contributed by atoms with Crippen molar-refractivity contribution < 1.29 is 8.42 Å². The maximum Gasteiger partial charge on any atom is 0.261 e. The minimum Gasteiger partial charge on any atom is -0.347 e. The van der Waals surface area contributed by atoms with Crippen LogP contribution in [0.2, 0.25) is 0 Å². The van der Waals surface area contributed by atoms with Gasteiger partial charge in [0.05, 0.1) is 4.90 Å². The van der Waals surface area contributed by atoms with Gasteiger partial charge in [-0.3, -0.25) is 4.72 Å². The van der Waals surface area contributed by atoms with Crippen molar-refractivity contribution >= 4 is 26.5 Å². The molecule has 158 valence electrons. The van der Waals surface area contributed by atoms with Crippen molar-refractivity contribution in [3.63, 3.8) is 0 Å². The van der Waals surface area contributed by atoms with E-state index in [1.807, 2.05) is 57.3 Å². The quantitative estimate of drug-likeness (QED) is 0.456. The van der Waals surface area contributed by atoms with Crippen molar-refractivity contribution in [1.82, 2.24) is 9.29 Å². The van der Waals surface area contributed by atoms with Crippen LogP contribution in [0.25, 0.3) is 16.5 Å². The summed E-state index contributed by atoms with van der Waals surface area (Å²) < 4.78 is 30.8. The average molecular weight is 431 g/mol. The molecule has 0 amide bonds. The van der Waals surface area contributed by atoms with E-state index in [0.717, 1.165) is 44.4 Å². The highest BCUT2D eigenvalue weighted by atomic mass is 32.2. The summed E-state index contributed by atoms with van der Waals surface area (Å²) in [5, 5.41) is 1.09. The Balaban J connectivity index is 1.88. The molecule has 0 saturated carbocycles. The van der Waals surface area contributed by atoms with E-state index in [2.05, 4.69) is 28.3 Å². The van der Waals surface area contributed by atoms with Gasteiger partial charge < -0.3 is 4.57 Å². The SMILES string of the molecule is Cc1ccc(/C(=C/NS(=O)(=O)c2ccc(C)cc2)c2c(C)n(C)c3ccccc23)cc1. The van der Waals surface area contributed by atoms with Gasteiger partial charge in [0.1, 0.15) is 0 Å². The second-order valence-corrected chi connectivity index (χ2v) is 9.61. The summed E-state index contributed by atoms with van der Waals surface area (Å²) in [7, 11) is -1.66. The summed E-state index contributed by atoms with van der Waals surface area (Å²) >= 11 is 0. The molecule has 1 aromatic heterocycles. The Kier molecular flexibility index (Phi) is 5.46. The Hall–Kier alpha value is -3.31. The Morgan fingerprint density at radius 2 is 1.42 bits per heavy atom. The van der Waals surface area contributed by atoms with Gasteiger partial charge in [-0.05, 0) is 44.5 Å². The van der Waals surface area contributed by atoms with Gasteiger partial charge in [-0.2, -0.15) is 0 Å². The highest BCUT2D eigenvalue weighted by Gasteiger charge is 2.19. The predicted octanol–water partition coefficient (Wildman–Crippen LogP) is 5.47. The molecule has 5 heteroatoms. The number of nitrogens with zero attached hydrogens (tertiary/aromatic N) is 1. The van der Waals surface area contributed by atoms with Crippen LogP contribution in [0.4, 0.5) is 0 Å². The van der Waals surface area contributed by atoms with E-state index in [1.165, 1.54) is 0 Å². The molecule has 0 aliphatic carbocycles. The zero-order chi connectivity index (χ0) is 22.2. The molecule has 1 N–H and O–H groups in total. The summed E-state index contributed by atoms with van der Waals surface area (Å²) in [6.45, 7) is 6.03. The first-order chi connectivity index (χ1) is 14.8. The Morgan fingerprint density at radius 3 is 2.06 bits per heavy atom. The topological polar surface area (TPSA) is 51.1 Å². The third-order valence-electron chi connectivity index (χ3n) is 5.72. The van der Waals surface area contributed by atoms with Crippen LogP contribution in [0, 0.1) is 20.8 Å². The first-order valence-electron chi connectivity index (χ1n) is 10.2. The number of aryl methyl sites for hydroxylation is 3. The van der Waals surface area contributed by atoms with Crippen molar-refractivity contribution in [1.29, 1.82) is 0 Å². The molecule has 0 atom stereocenters. The molecule has 0 saturated heterocycles. The molecule has 0 fully saturated rings. The van der Waals surface area contributed by atoms with Crippen molar-refractivity contribution in [2.75, 3.05) is 0 Å². The van der Waals surface area contributed by atoms with Gasteiger partial charge in [-0.15, -0.1) is 0 Å². The molecule has 4 rings (SSSR count). The molecule has 4 aromatic rings. The number of rotatable bonds is 5. The second-order valence-electron chi connectivity index (χ2n) is 7.89. The number of nitrogens with one attached hydrogen (secondary N) is 1. The molecule has 0 unspecified atom stereocenters.